The Bertz CT molecular complexity index is 392. The highest BCUT2D eigenvalue weighted by molar-refractivity contribution is 5.76. The van der Waals surface area contributed by atoms with Gasteiger partial charge in [-0.3, -0.25) is 9.59 Å². The van der Waals surface area contributed by atoms with Gasteiger partial charge in [0.2, 0.25) is 0 Å². The van der Waals surface area contributed by atoms with Crippen LogP contribution in [-0.2, 0) is 14.3 Å². The number of hydrogen-bond donors (Lipinski definition) is 0. The van der Waals surface area contributed by atoms with E-state index in [0.29, 0.717) is 12.8 Å². The average molecular weight is 425 g/mol. The molecule has 1 atom stereocenters. The van der Waals surface area contributed by atoms with Crippen LogP contribution in [0.1, 0.15) is 156 Å². The van der Waals surface area contributed by atoms with Gasteiger partial charge in [-0.15, -0.1) is 0 Å². The first-order valence-electron chi connectivity index (χ1n) is 13.3. The van der Waals surface area contributed by atoms with Crippen LogP contribution in [-0.4, -0.2) is 17.9 Å². The molecular formula is C27H52O3. The van der Waals surface area contributed by atoms with Crippen LogP contribution < -0.4 is 0 Å². The highest BCUT2D eigenvalue weighted by Crippen LogP contribution is 2.16. The molecule has 0 aromatic rings. The summed E-state index contributed by atoms with van der Waals surface area (Å²) in [7, 11) is 0. The molecule has 0 amide bonds. The van der Waals surface area contributed by atoms with Crippen LogP contribution in [0.4, 0.5) is 0 Å². The largest absolute Gasteiger partial charge is 0.462 e. The van der Waals surface area contributed by atoms with Gasteiger partial charge in [-0.05, 0) is 26.2 Å². The van der Waals surface area contributed by atoms with Crippen molar-refractivity contribution in [2.75, 3.05) is 0 Å². The van der Waals surface area contributed by atoms with E-state index in [1.807, 2.05) is 0 Å². The van der Waals surface area contributed by atoms with Gasteiger partial charge < -0.3 is 4.74 Å². The smallest absolute Gasteiger partial charge is 0.306 e. The van der Waals surface area contributed by atoms with Crippen molar-refractivity contribution in [1.82, 2.24) is 0 Å². The SMILES string of the molecule is CCCCCCCCCCCC(=O)O[C@H](CCCCCCCCCCC)CC(C)=O. The van der Waals surface area contributed by atoms with Crippen molar-refractivity contribution in [3.8, 4) is 0 Å². The summed E-state index contributed by atoms with van der Waals surface area (Å²) >= 11 is 0. The second kappa shape index (κ2) is 22.8. The second-order valence-corrected chi connectivity index (χ2v) is 9.21. The maximum Gasteiger partial charge on any atom is 0.306 e. The van der Waals surface area contributed by atoms with Crippen LogP contribution in [0, 0.1) is 0 Å². The molecule has 30 heavy (non-hydrogen) atoms. The van der Waals surface area contributed by atoms with Gasteiger partial charge in [0.25, 0.3) is 0 Å². The maximum atomic E-state index is 12.2. The van der Waals surface area contributed by atoms with E-state index >= 15 is 0 Å². The summed E-state index contributed by atoms with van der Waals surface area (Å²) in [4.78, 5) is 23.7. The lowest BCUT2D eigenvalue weighted by Crippen LogP contribution is -2.20. The van der Waals surface area contributed by atoms with Crippen molar-refractivity contribution >= 4 is 11.8 Å². The van der Waals surface area contributed by atoms with Gasteiger partial charge in [-0.1, -0.05) is 117 Å². The lowest BCUT2D eigenvalue weighted by atomic mass is 10.0. The number of esters is 1. The number of unbranched alkanes of at least 4 members (excludes halogenated alkanes) is 16. The van der Waals surface area contributed by atoms with Gasteiger partial charge in [-0.2, -0.15) is 0 Å². The molecule has 0 rings (SSSR count). The Balaban J connectivity index is 3.75. The fourth-order valence-electron chi connectivity index (χ4n) is 4.03. The highest BCUT2D eigenvalue weighted by atomic mass is 16.5. The summed E-state index contributed by atoms with van der Waals surface area (Å²) in [6.45, 7) is 6.09. The molecule has 0 saturated carbocycles. The van der Waals surface area contributed by atoms with Gasteiger partial charge in [0, 0.05) is 12.8 Å². The molecule has 178 valence electrons. The van der Waals surface area contributed by atoms with E-state index in [9.17, 15) is 9.59 Å². The molecule has 0 aromatic heterocycles. The summed E-state index contributed by atoms with van der Waals surface area (Å²) in [6, 6.07) is 0. The molecule has 3 nitrogen and oxygen atoms in total. The fourth-order valence-corrected chi connectivity index (χ4v) is 4.03. The van der Waals surface area contributed by atoms with E-state index in [1.54, 1.807) is 6.92 Å². The van der Waals surface area contributed by atoms with Crippen LogP contribution >= 0.6 is 0 Å². The van der Waals surface area contributed by atoms with Crippen molar-refractivity contribution in [3.63, 3.8) is 0 Å². The Morgan fingerprint density at radius 2 is 1.00 bits per heavy atom. The van der Waals surface area contributed by atoms with Crippen molar-refractivity contribution in [3.05, 3.63) is 0 Å². The Hall–Kier alpha value is -0.860. The van der Waals surface area contributed by atoms with Gasteiger partial charge in [0.15, 0.2) is 0 Å². The number of hydrogen-bond acceptors (Lipinski definition) is 3. The van der Waals surface area contributed by atoms with E-state index in [4.69, 9.17) is 4.74 Å². The zero-order chi connectivity index (χ0) is 22.3. The molecule has 0 unspecified atom stereocenters. The standard InChI is InChI=1S/C27H52O3/c1-4-6-8-10-12-14-16-18-20-22-26(24-25(3)28)30-27(29)23-21-19-17-15-13-11-9-7-5-2/h26H,4-24H2,1-3H3/t26-/m1/s1. The highest BCUT2D eigenvalue weighted by Gasteiger charge is 2.16. The molecule has 0 aromatic carbocycles. The number of ether oxygens (including phenoxy) is 1. The molecule has 0 saturated heterocycles. The first-order chi connectivity index (χ1) is 14.6. The molecule has 0 spiro atoms. The molecule has 0 radical (unpaired) electrons. The predicted octanol–water partition coefficient (Wildman–Crippen LogP) is 8.72. The number of carbonyl (C=O) groups excluding carboxylic acids is 2. The van der Waals surface area contributed by atoms with Crippen molar-refractivity contribution in [1.29, 1.82) is 0 Å². The molecule has 0 aliphatic heterocycles. The molecule has 0 aliphatic carbocycles. The minimum absolute atomic E-state index is 0.111. The van der Waals surface area contributed by atoms with E-state index in [2.05, 4.69) is 13.8 Å². The van der Waals surface area contributed by atoms with Gasteiger partial charge in [0.05, 0.1) is 0 Å². The summed E-state index contributed by atoms with van der Waals surface area (Å²) in [5, 5.41) is 0. The lowest BCUT2D eigenvalue weighted by Gasteiger charge is -2.17. The van der Waals surface area contributed by atoms with Crippen LogP contribution in [0.15, 0.2) is 0 Å². The minimum atomic E-state index is -0.210. The Morgan fingerprint density at radius 1 is 0.600 bits per heavy atom. The fraction of sp³-hybridized carbons (Fsp3) is 0.926. The summed E-state index contributed by atoms with van der Waals surface area (Å²) in [6.07, 6.45) is 24.2. The third-order valence-electron chi connectivity index (χ3n) is 5.93. The van der Waals surface area contributed by atoms with Gasteiger partial charge in [0.1, 0.15) is 11.9 Å². The Labute approximate surface area is 188 Å². The zero-order valence-electron chi connectivity index (χ0n) is 20.7. The maximum absolute atomic E-state index is 12.2. The normalized spacial score (nSPS) is 12.1. The van der Waals surface area contributed by atoms with Crippen molar-refractivity contribution in [2.45, 2.75) is 162 Å². The van der Waals surface area contributed by atoms with Crippen LogP contribution in [0.2, 0.25) is 0 Å². The van der Waals surface area contributed by atoms with E-state index < -0.39 is 0 Å². The predicted molar refractivity (Wildman–Crippen MR) is 129 cm³/mol. The van der Waals surface area contributed by atoms with E-state index in [1.165, 1.54) is 96.3 Å². The first kappa shape index (κ1) is 29.1. The lowest BCUT2D eigenvalue weighted by molar-refractivity contribution is -0.150. The topological polar surface area (TPSA) is 43.4 Å². The summed E-state index contributed by atoms with van der Waals surface area (Å²) < 4.78 is 5.65. The second-order valence-electron chi connectivity index (χ2n) is 9.21. The molecule has 0 heterocycles. The van der Waals surface area contributed by atoms with Crippen LogP contribution in [0.5, 0.6) is 0 Å². The molecule has 0 fully saturated rings. The van der Waals surface area contributed by atoms with Crippen LogP contribution in [0.25, 0.3) is 0 Å². The average Bonchev–Trinajstić information content (AvgIpc) is 2.70. The number of Topliss-reactive ketones (excluding diaryl/α,β-unsaturated/α-hetero) is 1. The number of ketones is 1. The minimum Gasteiger partial charge on any atom is -0.462 e. The quantitative estimate of drug-likeness (QED) is 0.122. The van der Waals surface area contributed by atoms with Gasteiger partial charge >= 0.3 is 5.97 Å². The Kier molecular flexibility index (Phi) is 22.2. The molecule has 0 N–H and O–H groups in total. The van der Waals surface area contributed by atoms with Crippen molar-refractivity contribution < 1.29 is 14.3 Å². The summed E-state index contributed by atoms with van der Waals surface area (Å²) in [5.41, 5.74) is 0. The monoisotopic (exact) mass is 424 g/mol. The molecule has 0 aliphatic rings. The third kappa shape index (κ3) is 21.8. The summed E-state index contributed by atoms with van der Waals surface area (Å²) in [5.74, 6) is 0.00640. The molecule has 0 bridgehead atoms. The first-order valence-corrected chi connectivity index (χ1v) is 13.3. The van der Waals surface area contributed by atoms with Gasteiger partial charge in [-0.25, -0.2) is 0 Å². The molecular weight excluding hydrogens is 372 g/mol. The van der Waals surface area contributed by atoms with E-state index in [-0.39, 0.29) is 17.9 Å². The molecule has 3 heteroatoms. The van der Waals surface area contributed by atoms with Crippen molar-refractivity contribution in [2.24, 2.45) is 0 Å². The Morgan fingerprint density at radius 3 is 1.43 bits per heavy atom. The number of carbonyl (C=O) groups is 2. The third-order valence-corrected chi connectivity index (χ3v) is 5.93. The van der Waals surface area contributed by atoms with E-state index in [0.717, 1.165) is 25.7 Å². The van der Waals surface area contributed by atoms with Crippen LogP contribution in [0.3, 0.4) is 0 Å². The number of rotatable bonds is 23. The zero-order valence-corrected chi connectivity index (χ0v) is 20.7.